The Labute approximate surface area is 77.2 Å². The van der Waals surface area contributed by atoms with Crippen LogP contribution in [-0.2, 0) is 0 Å². The van der Waals surface area contributed by atoms with E-state index in [1.54, 1.807) is 0 Å². The highest BCUT2D eigenvalue weighted by atomic mass is 31.0. The molecule has 2 unspecified atom stereocenters. The zero-order valence-electron chi connectivity index (χ0n) is 7.99. The molecule has 0 aliphatic rings. The molecule has 1 aromatic rings. The van der Waals surface area contributed by atoms with Crippen molar-refractivity contribution in [2.45, 2.75) is 19.9 Å². The van der Waals surface area contributed by atoms with E-state index in [1.165, 1.54) is 5.69 Å². The van der Waals surface area contributed by atoms with Crippen LogP contribution < -0.4 is 4.25 Å². The van der Waals surface area contributed by atoms with Crippen molar-refractivity contribution in [3.63, 3.8) is 0 Å². The van der Waals surface area contributed by atoms with E-state index >= 15 is 0 Å². The number of nitrogens with zero attached hydrogens (tertiary/aromatic N) is 1. The third-order valence-electron chi connectivity index (χ3n) is 2.39. The lowest BCUT2D eigenvalue weighted by Gasteiger charge is -2.32. The zero-order chi connectivity index (χ0) is 9.19. The summed E-state index contributed by atoms with van der Waals surface area (Å²) in [4.78, 5) is 0. The molecule has 0 aliphatic heterocycles. The Kier molecular flexibility index (Phi) is 2.87. The molecule has 0 spiro atoms. The van der Waals surface area contributed by atoms with Crippen LogP contribution in [0, 0.1) is 0 Å². The highest BCUT2D eigenvalue weighted by Crippen LogP contribution is 2.28. The standard InChI is InChI=1S/C10H17NP/c1-9(2)11(3,12)10-7-5-4-6-8-10/h4-9H,12H2,1-3H3/q+1. The van der Waals surface area contributed by atoms with Gasteiger partial charge in [-0.15, -0.1) is 0 Å². The molecule has 0 aliphatic carbocycles. The summed E-state index contributed by atoms with van der Waals surface area (Å²) in [5.74, 6) is 0. The maximum atomic E-state index is 2.88. The minimum atomic E-state index is 0.581. The average molecular weight is 182 g/mol. The third-order valence-corrected chi connectivity index (χ3v) is 3.28. The summed E-state index contributed by atoms with van der Waals surface area (Å²) in [6, 6.07) is 11.1. The van der Waals surface area contributed by atoms with E-state index in [0.29, 0.717) is 6.04 Å². The van der Waals surface area contributed by atoms with Gasteiger partial charge in [0, 0.05) is 0 Å². The minimum Gasteiger partial charge on any atom is -0.282 e. The van der Waals surface area contributed by atoms with Crippen LogP contribution in [0.1, 0.15) is 13.8 Å². The van der Waals surface area contributed by atoms with E-state index in [0.717, 1.165) is 4.25 Å². The largest absolute Gasteiger partial charge is 0.282 e. The Bertz CT molecular complexity index is 241. The molecule has 66 valence electrons. The van der Waals surface area contributed by atoms with E-state index in [4.69, 9.17) is 0 Å². The summed E-state index contributed by atoms with van der Waals surface area (Å²) in [6.45, 7) is 4.44. The van der Waals surface area contributed by atoms with Gasteiger partial charge in [0.05, 0.1) is 22.5 Å². The predicted molar refractivity (Wildman–Crippen MR) is 59.0 cm³/mol. The van der Waals surface area contributed by atoms with Crippen LogP contribution in [-0.4, -0.2) is 13.1 Å². The second kappa shape index (κ2) is 3.55. The monoisotopic (exact) mass is 182 g/mol. The number of para-hydroxylation sites is 1. The molecule has 0 amide bonds. The molecule has 1 nitrogen and oxygen atoms in total. The van der Waals surface area contributed by atoms with Crippen molar-refractivity contribution in [3.8, 4) is 0 Å². The van der Waals surface area contributed by atoms with Crippen molar-refractivity contribution in [1.29, 1.82) is 0 Å². The molecule has 0 aromatic heterocycles. The first-order valence-electron chi connectivity index (χ1n) is 4.25. The van der Waals surface area contributed by atoms with Gasteiger partial charge in [0.25, 0.3) is 0 Å². The number of benzene rings is 1. The summed E-state index contributed by atoms with van der Waals surface area (Å²) in [5.41, 5.74) is 1.33. The van der Waals surface area contributed by atoms with E-state index in [1.807, 2.05) is 0 Å². The number of hydrogen-bond donors (Lipinski definition) is 0. The van der Waals surface area contributed by atoms with Crippen molar-refractivity contribution in [2.24, 2.45) is 0 Å². The Balaban J connectivity index is 2.98. The van der Waals surface area contributed by atoms with Gasteiger partial charge in [0.1, 0.15) is 5.69 Å². The quantitative estimate of drug-likeness (QED) is 0.617. The summed E-state index contributed by atoms with van der Waals surface area (Å²) >= 11 is 0. The van der Waals surface area contributed by atoms with Crippen molar-refractivity contribution < 1.29 is 0 Å². The summed E-state index contributed by atoms with van der Waals surface area (Å²) in [6.07, 6.45) is 0. The molecule has 0 N–H and O–H groups in total. The number of hydrogen-bond acceptors (Lipinski definition) is 0. The Hall–Kier alpha value is -0.390. The first-order chi connectivity index (χ1) is 5.55. The lowest BCUT2D eigenvalue weighted by molar-refractivity contribution is 0.455. The van der Waals surface area contributed by atoms with Crippen LogP contribution in [0.2, 0.25) is 0 Å². The van der Waals surface area contributed by atoms with Crippen molar-refractivity contribution in [3.05, 3.63) is 30.3 Å². The maximum absolute atomic E-state index is 2.88. The molecule has 0 fully saturated rings. The summed E-state index contributed by atoms with van der Waals surface area (Å²) < 4.78 is 0.862. The maximum Gasteiger partial charge on any atom is 0.133 e. The van der Waals surface area contributed by atoms with Crippen molar-refractivity contribution in [1.82, 2.24) is 4.25 Å². The van der Waals surface area contributed by atoms with E-state index in [2.05, 4.69) is 60.6 Å². The fourth-order valence-electron chi connectivity index (χ4n) is 1.05. The summed E-state index contributed by atoms with van der Waals surface area (Å²) in [7, 11) is 5.08. The third kappa shape index (κ3) is 1.85. The van der Waals surface area contributed by atoms with E-state index in [-0.39, 0.29) is 0 Å². The highest BCUT2D eigenvalue weighted by Gasteiger charge is 2.22. The molecule has 1 rings (SSSR count). The molecular formula is C10H17NP+. The molecule has 2 atom stereocenters. The van der Waals surface area contributed by atoms with Gasteiger partial charge in [-0.3, -0.25) is 4.25 Å². The lowest BCUT2D eigenvalue weighted by atomic mass is 10.2. The first-order valence-corrected chi connectivity index (χ1v) is 4.77. The van der Waals surface area contributed by atoms with Crippen LogP contribution in [0.3, 0.4) is 0 Å². The molecule has 0 heterocycles. The van der Waals surface area contributed by atoms with Gasteiger partial charge in [-0.1, -0.05) is 18.2 Å². The van der Waals surface area contributed by atoms with Gasteiger partial charge >= 0.3 is 0 Å². The Morgan fingerprint density at radius 1 is 1.17 bits per heavy atom. The molecule has 1 aromatic carbocycles. The van der Waals surface area contributed by atoms with Crippen LogP contribution in [0.25, 0.3) is 0 Å². The second-order valence-electron chi connectivity index (χ2n) is 3.58. The topological polar surface area (TPSA) is 0 Å². The van der Waals surface area contributed by atoms with Crippen LogP contribution in [0.5, 0.6) is 0 Å². The lowest BCUT2D eigenvalue weighted by Crippen LogP contribution is -2.40. The van der Waals surface area contributed by atoms with Gasteiger partial charge in [0.15, 0.2) is 0 Å². The van der Waals surface area contributed by atoms with Gasteiger partial charge < -0.3 is 0 Å². The van der Waals surface area contributed by atoms with Crippen molar-refractivity contribution >= 4 is 15.1 Å². The fraction of sp³-hybridized carbons (Fsp3) is 0.400. The van der Waals surface area contributed by atoms with Crippen LogP contribution >= 0.6 is 9.39 Å². The van der Waals surface area contributed by atoms with Crippen molar-refractivity contribution in [2.75, 3.05) is 7.05 Å². The molecule has 12 heavy (non-hydrogen) atoms. The predicted octanol–water partition coefficient (Wildman–Crippen LogP) is 2.82. The number of rotatable bonds is 2. The molecule has 0 bridgehead atoms. The van der Waals surface area contributed by atoms with E-state index < -0.39 is 0 Å². The van der Waals surface area contributed by atoms with Gasteiger partial charge in [-0.25, -0.2) is 0 Å². The fourth-order valence-corrected chi connectivity index (χ4v) is 1.22. The second-order valence-corrected chi connectivity index (χ2v) is 4.65. The molecule has 0 saturated heterocycles. The van der Waals surface area contributed by atoms with Gasteiger partial charge in [-0.05, 0) is 26.0 Å². The molecule has 0 saturated carbocycles. The zero-order valence-corrected chi connectivity index (χ0v) is 9.14. The first kappa shape index (κ1) is 9.70. The molecular weight excluding hydrogens is 165 g/mol. The van der Waals surface area contributed by atoms with Crippen LogP contribution in [0.4, 0.5) is 5.69 Å². The SMILES string of the molecule is CC(C)[N+](C)(P)c1ccccc1. The molecule has 2 heteroatoms. The smallest absolute Gasteiger partial charge is 0.133 e. The van der Waals surface area contributed by atoms with Crippen LogP contribution in [0.15, 0.2) is 30.3 Å². The Morgan fingerprint density at radius 3 is 2.08 bits per heavy atom. The normalized spacial score (nSPS) is 16.1. The minimum absolute atomic E-state index is 0.581. The summed E-state index contributed by atoms with van der Waals surface area (Å²) in [5, 5.41) is 0. The number of quaternary nitrogens is 1. The van der Waals surface area contributed by atoms with Gasteiger partial charge in [0.2, 0.25) is 0 Å². The Morgan fingerprint density at radius 2 is 1.67 bits per heavy atom. The van der Waals surface area contributed by atoms with Gasteiger partial charge in [-0.2, -0.15) is 0 Å². The highest BCUT2D eigenvalue weighted by molar-refractivity contribution is 7.16. The average Bonchev–Trinajstić information content (AvgIpc) is 2.06. The molecule has 0 radical (unpaired) electrons. The van der Waals surface area contributed by atoms with E-state index in [9.17, 15) is 0 Å².